The van der Waals surface area contributed by atoms with Crippen LogP contribution in [0.15, 0.2) is 364 Å². The SMILES string of the molecule is c1ccc(-c2cccc3c2c2cc4ccccc4cc2n3-c2ccc3cc(-c4nc(-c5ccc6ccccc6c5)c5ncccc5n4)ccc3c2)cc1.c1ccc2cc(-c3nc(-c4ccc(-n5c6cc7ccccc7cc6c6c(-c7ccc8ccccc8c7)cccc65)cc4)nc4ncccc34)ccc2c1. The summed E-state index contributed by atoms with van der Waals surface area (Å²) in [7, 11) is 0. The third-order valence-corrected chi connectivity index (χ3v) is 21.2. The predicted octanol–water partition coefficient (Wildman–Crippen LogP) is 25.2. The maximum Gasteiger partial charge on any atom is 0.163 e. The fraction of sp³-hybridized carbons (Fsp3) is 0. The van der Waals surface area contributed by atoms with Gasteiger partial charge in [-0.25, -0.2) is 24.9 Å². The Kier molecular flexibility index (Phi) is 14.1. The highest BCUT2D eigenvalue weighted by Crippen LogP contribution is 2.44. The highest BCUT2D eigenvalue weighted by atomic mass is 15.0. The molecule has 0 amide bonds. The molecule has 22 aromatic rings. The molecular formula is C98H60N8. The van der Waals surface area contributed by atoms with Crippen LogP contribution >= 0.6 is 0 Å². The number of rotatable bonds is 8. The molecule has 16 aromatic carbocycles. The van der Waals surface area contributed by atoms with Crippen molar-refractivity contribution in [2.24, 2.45) is 0 Å². The van der Waals surface area contributed by atoms with Crippen LogP contribution in [0.5, 0.6) is 0 Å². The summed E-state index contributed by atoms with van der Waals surface area (Å²) < 4.78 is 4.82. The second-order valence-corrected chi connectivity index (χ2v) is 27.4. The Bertz CT molecular complexity index is 7340. The average molecular weight is 1350 g/mol. The van der Waals surface area contributed by atoms with Gasteiger partial charge in [0.15, 0.2) is 17.3 Å². The van der Waals surface area contributed by atoms with E-state index in [1.54, 1.807) is 6.20 Å². The van der Waals surface area contributed by atoms with E-state index in [-0.39, 0.29) is 0 Å². The summed E-state index contributed by atoms with van der Waals surface area (Å²) in [5.74, 6) is 1.33. The maximum absolute atomic E-state index is 5.18. The molecule has 6 aromatic heterocycles. The van der Waals surface area contributed by atoms with Crippen LogP contribution < -0.4 is 0 Å². The van der Waals surface area contributed by atoms with Gasteiger partial charge in [-0.15, -0.1) is 0 Å². The van der Waals surface area contributed by atoms with Crippen molar-refractivity contribution in [2.75, 3.05) is 0 Å². The van der Waals surface area contributed by atoms with Crippen LogP contribution in [0.3, 0.4) is 0 Å². The van der Waals surface area contributed by atoms with Crippen molar-refractivity contribution in [1.82, 2.24) is 39.0 Å². The van der Waals surface area contributed by atoms with Gasteiger partial charge in [0, 0.05) is 73.0 Å². The molecule has 0 saturated carbocycles. The van der Waals surface area contributed by atoms with Gasteiger partial charge in [-0.1, -0.05) is 231 Å². The Morgan fingerprint density at radius 1 is 0.217 bits per heavy atom. The third kappa shape index (κ3) is 10.3. The zero-order chi connectivity index (χ0) is 69.8. The summed E-state index contributed by atoms with van der Waals surface area (Å²) in [6.07, 6.45) is 3.61. The molecule has 0 saturated heterocycles. The van der Waals surface area contributed by atoms with Crippen molar-refractivity contribution in [3.8, 4) is 78.9 Å². The van der Waals surface area contributed by atoms with Gasteiger partial charge >= 0.3 is 0 Å². The van der Waals surface area contributed by atoms with Crippen molar-refractivity contribution in [2.45, 2.75) is 0 Å². The lowest BCUT2D eigenvalue weighted by atomic mass is 9.96. The number of hydrogen-bond acceptors (Lipinski definition) is 6. The van der Waals surface area contributed by atoms with Gasteiger partial charge in [0.2, 0.25) is 0 Å². The van der Waals surface area contributed by atoms with Crippen molar-refractivity contribution >= 4 is 130 Å². The summed E-state index contributed by atoms with van der Waals surface area (Å²) in [5, 5.41) is 20.3. The van der Waals surface area contributed by atoms with Crippen LogP contribution in [0.2, 0.25) is 0 Å². The Morgan fingerprint density at radius 3 is 1.26 bits per heavy atom. The lowest BCUT2D eigenvalue weighted by Crippen LogP contribution is -1.98. The van der Waals surface area contributed by atoms with Gasteiger partial charge in [0.1, 0.15) is 11.2 Å². The zero-order valence-electron chi connectivity index (χ0n) is 57.2. The van der Waals surface area contributed by atoms with Crippen molar-refractivity contribution in [3.63, 3.8) is 0 Å². The molecule has 8 nitrogen and oxygen atoms in total. The van der Waals surface area contributed by atoms with Crippen LogP contribution in [0.4, 0.5) is 0 Å². The van der Waals surface area contributed by atoms with E-state index in [1.165, 1.54) is 120 Å². The fourth-order valence-corrected chi connectivity index (χ4v) is 16.1. The molecule has 0 fully saturated rings. The molecule has 0 spiro atoms. The number of nitrogens with zero attached hydrogens (tertiary/aromatic N) is 8. The van der Waals surface area contributed by atoms with E-state index < -0.39 is 0 Å². The minimum absolute atomic E-state index is 0.651. The molecule has 0 aliphatic rings. The second-order valence-electron chi connectivity index (χ2n) is 27.4. The summed E-state index contributed by atoms with van der Waals surface area (Å²) in [4.78, 5) is 29.7. The second kappa shape index (κ2) is 24.7. The summed E-state index contributed by atoms with van der Waals surface area (Å²) in [6, 6.07) is 126. The van der Waals surface area contributed by atoms with E-state index in [0.717, 1.165) is 72.2 Å². The molecule has 0 atom stereocenters. The van der Waals surface area contributed by atoms with Gasteiger partial charge < -0.3 is 9.13 Å². The molecule has 0 unspecified atom stereocenters. The zero-order valence-corrected chi connectivity index (χ0v) is 57.2. The van der Waals surface area contributed by atoms with E-state index in [4.69, 9.17) is 24.9 Å². The number of pyridine rings is 2. The lowest BCUT2D eigenvalue weighted by Gasteiger charge is -2.12. The molecule has 106 heavy (non-hydrogen) atoms. The maximum atomic E-state index is 5.18. The average Bonchev–Trinajstić information content (AvgIpc) is 1.57. The lowest BCUT2D eigenvalue weighted by molar-refractivity contribution is 1.17. The van der Waals surface area contributed by atoms with Crippen molar-refractivity contribution < 1.29 is 0 Å². The first kappa shape index (κ1) is 60.4. The Balaban J connectivity index is 0.000000136. The minimum Gasteiger partial charge on any atom is -0.309 e. The first-order valence-corrected chi connectivity index (χ1v) is 35.9. The van der Waals surface area contributed by atoms with Gasteiger partial charge in [-0.05, 0) is 208 Å². The van der Waals surface area contributed by atoms with Crippen LogP contribution in [0.25, 0.3) is 209 Å². The number of benzene rings is 16. The molecular weight excluding hydrogens is 1290 g/mol. The molecule has 8 heteroatoms. The van der Waals surface area contributed by atoms with Crippen LogP contribution in [-0.4, -0.2) is 39.0 Å². The van der Waals surface area contributed by atoms with E-state index in [0.29, 0.717) is 17.3 Å². The molecule has 22 rings (SSSR count). The number of fused-ring (bicyclic) bond motifs is 14. The van der Waals surface area contributed by atoms with Crippen LogP contribution in [0.1, 0.15) is 0 Å². The van der Waals surface area contributed by atoms with E-state index in [1.807, 2.05) is 24.4 Å². The number of hydrogen-bond donors (Lipinski definition) is 0. The van der Waals surface area contributed by atoms with E-state index in [9.17, 15) is 0 Å². The van der Waals surface area contributed by atoms with Crippen molar-refractivity contribution in [3.05, 3.63) is 364 Å². The fourth-order valence-electron chi connectivity index (χ4n) is 16.1. The Morgan fingerprint density at radius 2 is 0.642 bits per heavy atom. The monoisotopic (exact) mass is 1350 g/mol. The van der Waals surface area contributed by atoms with Crippen LogP contribution in [0, 0.1) is 0 Å². The predicted molar refractivity (Wildman–Crippen MR) is 441 cm³/mol. The van der Waals surface area contributed by atoms with Crippen molar-refractivity contribution in [1.29, 1.82) is 0 Å². The first-order valence-electron chi connectivity index (χ1n) is 35.9. The molecule has 0 N–H and O–H groups in total. The molecule has 0 radical (unpaired) electrons. The van der Waals surface area contributed by atoms with E-state index in [2.05, 4.69) is 348 Å². The van der Waals surface area contributed by atoms with Gasteiger partial charge in [-0.3, -0.25) is 4.98 Å². The van der Waals surface area contributed by atoms with Gasteiger partial charge in [0.25, 0.3) is 0 Å². The largest absolute Gasteiger partial charge is 0.309 e. The highest BCUT2D eigenvalue weighted by Gasteiger charge is 2.22. The Hall–Kier alpha value is -14.3. The molecule has 0 aliphatic carbocycles. The van der Waals surface area contributed by atoms with Gasteiger partial charge in [0.05, 0.1) is 33.3 Å². The Labute approximate surface area is 608 Å². The third-order valence-electron chi connectivity index (χ3n) is 21.2. The normalized spacial score (nSPS) is 11.8. The van der Waals surface area contributed by atoms with Crippen LogP contribution in [-0.2, 0) is 0 Å². The number of aromatic nitrogens is 8. The minimum atomic E-state index is 0.651. The smallest absolute Gasteiger partial charge is 0.163 e. The van der Waals surface area contributed by atoms with Gasteiger partial charge in [-0.2, -0.15) is 0 Å². The summed E-state index contributed by atoms with van der Waals surface area (Å²) >= 11 is 0. The molecule has 6 heterocycles. The first-order chi connectivity index (χ1) is 52.5. The topological polar surface area (TPSA) is 87.2 Å². The molecule has 0 bridgehead atoms. The van der Waals surface area contributed by atoms with E-state index >= 15 is 0 Å². The summed E-state index contributed by atoms with van der Waals surface area (Å²) in [6.45, 7) is 0. The molecule has 0 aliphatic heterocycles. The highest BCUT2D eigenvalue weighted by molar-refractivity contribution is 6.21. The summed E-state index contributed by atoms with van der Waals surface area (Å²) in [5.41, 5.74) is 19.8. The molecule has 492 valence electrons. The standard InChI is InChI=1S/2C49H30N4/c1-3-11-34-27-38(20-18-31(34)9-1)41-15-7-17-44-46(41)43-29-36-13-5-6-14-37(36)30-45(43)53(44)40-24-22-33(23-25-40)48-51-47(42-16-8-26-50-49(42)52-48)39-21-19-32-10-2-4-12-35(32)28-39;1-2-11-32(12-3-1)41-16-8-18-44-46(41)42-29-34-14-6-7-15-35(34)30-45(42)53(44)40-24-23-36-27-39(22-20-37(36)28-40)49-51-43-17-9-25-50-48(43)47(52-49)38-21-19-31-10-4-5-13-33(31)26-38/h2*1-30H. The quantitative estimate of drug-likeness (QED) is 0.151.